The van der Waals surface area contributed by atoms with Gasteiger partial charge in [-0.1, -0.05) is 19.4 Å². The van der Waals surface area contributed by atoms with Gasteiger partial charge in [-0.15, -0.1) is 0 Å². The molecule has 0 radical (unpaired) electrons. The molecular weight excluding hydrogens is 156 g/mol. The Bertz CT molecular complexity index is 470. The zero-order chi connectivity index (χ0) is 8.37. The Labute approximate surface area is 78.0 Å². The topological polar surface area (TPSA) is 0 Å². The van der Waals surface area contributed by atoms with Crippen LogP contribution in [0.3, 0.4) is 0 Å². The predicted molar refractivity (Wildman–Crippen MR) is 51.1 cm³/mol. The van der Waals surface area contributed by atoms with Crippen LogP contribution in [0.15, 0.2) is 33.9 Å². The van der Waals surface area contributed by atoms with Crippen LogP contribution in [0.25, 0.3) is 0 Å². The molecule has 0 aromatic heterocycles. The summed E-state index contributed by atoms with van der Waals surface area (Å²) >= 11 is 0. The highest BCUT2D eigenvalue weighted by atomic mass is 14.8. The van der Waals surface area contributed by atoms with Crippen LogP contribution >= 0.6 is 0 Å². The van der Waals surface area contributed by atoms with E-state index in [4.69, 9.17) is 0 Å². The van der Waals surface area contributed by atoms with Gasteiger partial charge >= 0.3 is 0 Å². The summed E-state index contributed by atoms with van der Waals surface area (Å²) in [5.74, 6) is 1.94. The summed E-state index contributed by atoms with van der Waals surface area (Å²) in [5, 5.41) is 0. The SMILES string of the molecule is CCCC1CC12C=C1C3=C4C(=C42)C13. The van der Waals surface area contributed by atoms with Gasteiger partial charge < -0.3 is 0 Å². The zero-order valence-corrected chi connectivity index (χ0v) is 7.85. The van der Waals surface area contributed by atoms with E-state index in [1.54, 1.807) is 16.7 Å². The third-order valence-electron chi connectivity index (χ3n) is 4.78. The largest absolute Gasteiger partial charge is 0.0691 e. The molecule has 1 spiro atoms. The summed E-state index contributed by atoms with van der Waals surface area (Å²) in [6.45, 7) is 2.32. The molecule has 0 heterocycles. The van der Waals surface area contributed by atoms with Crippen molar-refractivity contribution < 1.29 is 0 Å². The second kappa shape index (κ2) is 1.28. The fourth-order valence-corrected chi connectivity index (χ4v) is 4.05. The van der Waals surface area contributed by atoms with Gasteiger partial charge in [0.25, 0.3) is 0 Å². The van der Waals surface area contributed by atoms with Crippen molar-refractivity contribution in [3.63, 3.8) is 0 Å². The lowest BCUT2D eigenvalue weighted by molar-refractivity contribution is 0.609. The van der Waals surface area contributed by atoms with Crippen molar-refractivity contribution in [2.75, 3.05) is 0 Å². The first kappa shape index (κ1) is 5.85. The van der Waals surface area contributed by atoms with Crippen molar-refractivity contribution in [2.24, 2.45) is 17.3 Å². The van der Waals surface area contributed by atoms with E-state index in [0.717, 1.165) is 11.8 Å². The minimum Gasteiger partial charge on any atom is -0.0691 e. The van der Waals surface area contributed by atoms with Gasteiger partial charge in [-0.25, -0.2) is 0 Å². The fraction of sp³-hybridized carbons (Fsp3) is 0.538. The van der Waals surface area contributed by atoms with Crippen molar-refractivity contribution in [1.82, 2.24) is 0 Å². The van der Waals surface area contributed by atoms with E-state index < -0.39 is 0 Å². The number of allylic oxidation sites excluding steroid dienone is 6. The molecule has 2 bridgehead atoms. The molecule has 3 unspecified atom stereocenters. The van der Waals surface area contributed by atoms with Crippen LogP contribution in [0.5, 0.6) is 0 Å². The van der Waals surface area contributed by atoms with Crippen molar-refractivity contribution in [3.8, 4) is 0 Å². The molecular formula is C13H12. The lowest BCUT2D eigenvalue weighted by atomic mass is 9.93. The average molecular weight is 168 g/mol. The Kier molecular flexibility index (Phi) is 0.577. The average Bonchev–Trinajstić information content (AvgIpc) is 2.91. The monoisotopic (exact) mass is 168 g/mol. The maximum absolute atomic E-state index is 2.64. The van der Waals surface area contributed by atoms with E-state index in [2.05, 4.69) is 13.0 Å². The maximum Gasteiger partial charge on any atom is 0.0359 e. The van der Waals surface area contributed by atoms with Crippen molar-refractivity contribution in [3.05, 3.63) is 33.9 Å². The van der Waals surface area contributed by atoms with Crippen LogP contribution in [-0.4, -0.2) is 0 Å². The first-order chi connectivity index (χ1) is 6.38. The van der Waals surface area contributed by atoms with Crippen LogP contribution < -0.4 is 0 Å². The molecule has 2 fully saturated rings. The fourth-order valence-electron chi connectivity index (χ4n) is 4.05. The smallest absolute Gasteiger partial charge is 0.0359 e. The summed E-state index contributed by atoms with van der Waals surface area (Å²) < 4.78 is 0. The highest BCUT2D eigenvalue weighted by Crippen LogP contribution is 2.86. The van der Waals surface area contributed by atoms with E-state index >= 15 is 0 Å². The van der Waals surface area contributed by atoms with Gasteiger partial charge in [-0.2, -0.15) is 0 Å². The summed E-state index contributed by atoms with van der Waals surface area (Å²) in [6.07, 6.45) is 6.94. The minimum absolute atomic E-state index is 0.631. The van der Waals surface area contributed by atoms with Gasteiger partial charge in [0.05, 0.1) is 0 Å². The van der Waals surface area contributed by atoms with E-state index in [0.29, 0.717) is 5.41 Å². The quantitative estimate of drug-likeness (QED) is 0.594. The molecule has 64 valence electrons. The standard InChI is InChI=1S/C13H12/c1-2-3-6-4-13(6)5-7-8-9(7)11-10(8)12(11)13/h5-6,8H,2-4H2,1H3. The first-order valence-electron chi connectivity index (χ1n) is 5.61. The lowest BCUT2D eigenvalue weighted by Gasteiger charge is -2.10. The summed E-state index contributed by atoms with van der Waals surface area (Å²) in [7, 11) is 0. The van der Waals surface area contributed by atoms with Crippen LogP contribution in [0, 0.1) is 17.3 Å². The normalized spacial score (nSPS) is 50.4. The third-order valence-corrected chi connectivity index (χ3v) is 4.78. The van der Waals surface area contributed by atoms with Gasteiger partial charge in [0, 0.05) is 11.3 Å². The molecule has 0 aliphatic heterocycles. The Morgan fingerprint density at radius 3 is 3.00 bits per heavy atom. The second-order valence-electron chi connectivity index (χ2n) is 5.34. The molecule has 6 aliphatic carbocycles. The Hall–Kier alpha value is -0.780. The molecule has 0 N–H and O–H groups in total. The second-order valence-corrected chi connectivity index (χ2v) is 5.34. The molecule has 0 aromatic rings. The van der Waals surface area contributed by atoms with Gasteiger partial charge in [0.2, 0.25) is 0 Å². The van der Waals surface area contributed by atoms with Crippen LogP contribution in [0.1, 0.15) is 26.2 Å². The minimum atomic E-state index is 0.631. The molecule has 0 nitrogen and oxygen atoms in total. The Morgan fingerprint density at radius 2 is 2.38 bits per heavy atom. The van der Waals surface area contributed by atoms with E-state index in [1.165, 1.54) is 19.3 Å². The van der Waals surface area contributed by atoms with Crippen molar-refractivity contribution in [2.45, 2.75) is 26.2 Å². The Morgan fingerprint density at radius 1 is 1.46 bits per heavy atom. The molecule has 3 atom stereocenters. The molecule has 0 aromatic carbocycles. The van der Waals surface area contributed by atoms with Gasteiger partial charge in [-0.05, 0) is 46.6 Å². The van der Waals surface area contributed by atoms with Gasteiger partial charge in [0.1, 0.15) is 0 Å². The molecule has 0 saturated heterocycles. The molecule has 13 heavy (non-hydrogen) atoms. The number of hydrogen-bond acceptors (Lipinski definition) is 0. The Balaban J connectivity index is 1.63. The third kappa shape index (κ3) is 0.378. The summed E-state index contributed by atoms with van der Waals surface area (Å²) in [6, 6.07) is 0. The van der Waals surface area contributed by atoms with Crippen molar-refractivity contribution >= 4 is 0 Å². The van der Waals surface area contributed by atoms with E-state index in [1.807, 2.05) is 11.1 Å². The molecule has 2 saturated carbocycles. The first-order valence-corrected chi connectivity index (χ1v) is 5.61. The lowest BCUT2D eigenvalue weighted by Crippen LogP contribution is -2.00. The molecule has 6 rings (SSSR count). The number of hydrogen-bond donors (Lipinski definition) is 0. The van der Waals surface area contributed by atoms with E-state index in [9.17, 15) is 0 Å². The molecule has 6 aliphatic rings. The summed E-state index contributed by atoms with van der Waals surface area (Å²) in [5.41, 5.74) is 9.55. The van der Waals surface area contributed by atoms with Crippen LogP contribution in [-0.2, 0) is 0 Å². The van der Waals surface area contributed by atoms with Crippen LogP contribution in [0.4, 0.5) is 0 Å². The van der Waals surface area contributed by atoms with Gasteiger partial charge in [-0.3, -0.25) is 0 Å². The van der Waals surface area contributed by atoms with E-state index in [-0.39, 0.29) is 0 Å². The van der Waals surface area contributed by atoms with Crippen LogP contribution in [0.2, 0.25) is 0 Å². The van der Waals surface area contributed by atoms with Crippen molar-refractivity contribution in [1.29, 1.82) is 0 Å². The highest BCUT2D eigenvalue weighted by Gasteiger charge is 2.75. The molecule has 0 heteroatoms. The predicted octanol–water partition coefficient (Wildman–Crippen LogP) is 2.98. The summed E-state index contributed by atoms with van der Waals surface area (Å²) in [4.78, 5) is 0. The maximum atomic E-state index is 2.64. The highest BCUT2D eigenvalue weighted by molar-refractivity contribution is 5.99. The van der Waals surface area contributed by atoms with Gasteiger partial charge in [0.15, 0.2) is 0 Å². The number of rotatable bonds is 2. The molecule has 0 amide bonds. The zero-order valence-electron chi connectivity index (χ0n) is 7.85.